The Morgan fingerprint density at radius 1 is 1.50 bits per heavy atom. The lowest BCUT2D eigenvalue weighted by molar-refractivity contribution is -0.385. The molecule has 11 nitrogen and oxygen atoms in total. The van der Waals surface area contributed by atoms with Crippen molar-refractivity contribution in [1.29, 1.82) is 0 Å². The van der Waals surface area contributed by atoms with Gasteiger partial charge in [-0.1, -0.05) is 0 Å². The van der Waals surface area contributed by atoms with E-state index in [9.17, 15) is 19.7 Å². The second-order valence-corrected chi connectivity index (χ2v) is 3.47. The smallest absolute Gasteiger partial charge is 0.372 e. The number of rotatable bonds is 7. The predicted molar refractivity (Wildman–Crippen MR) is 62.5 cm³/mol. The first-order chi connectivity index (χ1) is 9.36. The van der Waals surface area contributed by atoms with Gasteiger partial charge >= 0.3 is 17.6 Å². The van der Waals surface area contributed by atoms with Gasteiger partial charge in [0.1, 0.15) is 12.4 Å². The molecule has 0 aromatic carbocycles. The highest BCUT2D eigenvalue weighted by Crippen LogP contribution is 2.30. The van der Waals surface area contributed by atoms with Gasteiger partial charge in [-0.05, 0) is 0 Å². The molecule has 0 saturated carbocycles. The van der Waals surface area contributed by atoms with Crippen LogP contribution in [0.4, 0.5) is 11.5 Å². The second-order valence-electron chi connectivity index (χ2n) is 3.47. The summed E-state index contributed by atoms with van der Waals surface area (Å²) in [6.07, 6.45) is 0.145. The first-order valence-corrected chi connectivity index (χ1v) is 5.11. The molecular formula is C9H10N4O7. The van der Waals surface area contributed by atoms with Crippen molar-refractivity contribution in [2.45, 2.75) is 12.5 Å². The number of anilines is 1. The topological polar surface area (TPSA) is 165 Å². The standard InChI is InChI=1S/C9H10N4O7/c1-20-8-6(13(18)19)7(10-3-11-8)12-4(9(16)17)2-5(14)15/h3-4H,2H2,1H3,(H,14,15)(H,16,17)(H,10,11,12). The quantitative estimate of drug-likeness (QED) is 0.448. The number of methoxy groups -OCH3 is 1. The Hall–Kier alpha value is -2.98. The largest absolute Gasteiger partial charge is 0.481 e. The molecule has 0 aliphatic rings. The molecule has 0 bridgehead atoms. The van der Waals surface area contributed by atoms with Gasteiger partial charge in [-0.2, -0.15) is 4.98 Å². The summed E-state index contributed by atoms with van der Waals surface area (Å²) in [5.74, 6) is -3.67. The van der Waals surface area contributed by atoms with Crippen LogP contribution in [0.1, 0.15) is 6.42 Å². The monoisotopic (exact) mass is 286 g/mol. The zero-order valence-corrected chi connectivity index (χ0v) is 10.1. The molecule has 1 rings (SSSR count). The first-order valence-electron chi connectivity index (χ1n) is 5.11. The van der Waals surface area contributed by atoms with Crippen LogP contribution in [-0.2, 0) is 9.59 Å². The Labute approximate surface area is 111 Å². The highest BCUT2D eigenvalue weighted by atomic mass is 16.6. The number of carboxylic acid groups (broad SMARTS) is 2. The van der Waals surface area contributed by atoms with Crippen molar-refractivity contribution in [3.8, 4) is 5.88 Å². The average Bonchev–Trinajstić information content (AvgIpc) is 2.36. The van der Waals surface area contributed by atoms with E-state index in [1.807, 2.05) is 0 Å². The summed E-state index contributed by atoms with van der Waals surface area (Å²) in [6.45, 7) is 0. The molecule has 3 N–H and O–H groups in total. The number of carbonyl (C=O) groups is 2. The van der Waals surface area contributed by atoms with E-state index in [1.54, 1.807) is 0 Å². The summed E-state index contributed by atoms with van der Waals surface area (Å²) in [5.41, 5.74) is -0.674. The normalized spacial score (nSPS) is 11.4. The average molecular weight is 286 g/mol. The van der Waals surface area contributed by atoms with Crippen molar-refractivity contribution >= 4 is 23.4 Å². The zero-order chi connectivity index (χ0) is 15.3. The SMILES string of the molecule is COc1ncnc(NC(CC(=O)O)C(=O)O)c1[N+](=O)[O-]. The lowest BCUT2D eigenvalue weighted by atomic mass is 10.2. The maximum absolute atomic E-state index is 10.9. The summed E-state index contributed by atoms with van der Waals surface area (Å²) in [4.78, 5) is 38.6. The number of hydrogen-bond donors (Lipinski definition) is 3. The highest BCUT2D eigenvalue weighted by molar-refractivity contribution is 5.84. The van der Waals surface area contributed by atoms with Gasteiger partial charge in [0.2, 0.25) is 5.82 Å². The van der Waals surface area contributed by atoms with Crippen LogP contribution in [0.3, 0.4) is 0 Å². The molecule has 0 aliphatic carbocycles. The Balaban J connectivity index is 3.15. The lowest BCUT2D eigenvalue weighted by Crippen LogP contribution is -2.32. The Morgan fingerprint density at radius 3 is 2.60 bits per heavy atom. The predicted octanol–water partition coefficient (Wildman–Crippen LogP) is -0.267. The molecule has 1 aromatic heterocycles. The molecule has 0 saturated heterocycles. The highest BCUT2D eigenvalue weighted by Gasteiger charge is 2.29. The fraction of sp³-hybridized carbons (Fsp3) is 0.333. The summed E-state index contributed by atoms with van der Waals surface area (Å²) < 4.78 is 4.67. The molecule has 0 radical (unpaired) electrons. The molecule has 0 amide bonds. The number of nitrogens with zero attached hydrogens (tertiary/aromatic N) is 3. The molecule has 1 atom stereocenters. The third kappa shape index (κ3) is 3.51. The van der Waals surface area contributed by atoms with E-state index in [4.69, 9.17) is 10.2 Å². The maximum atomic E-state index is 10.9. The number of aliphatic carboxylic acids is 2. The molecule has 108 valence electrons. The maximum Gasteiger partial charge on any atom is 0.372 e. The minimum Gasteiger partial charge on any atom is -0.481 e. The lowest BCUT2D eigenvalue weighted by Gasteiger charge is -2.13. The number of nitrogens with one attached hydrogen (secondary N) is 1. The van der Waals surface area contributed by atoms with E-state index >= 15 is 0 Å². The van der Waals surface area contributed by atoms with Gasteiger partial charge in [0.25, 0.3) is 5.88 Å². The number of aromatic nitrogens is 2. The molecule has 1 heterocycles. The van der Waals surface area contributed by atoms with Crippen LogP contribution in [-0.4, -0.2) is 50.2 Å². The van der Waals surface area contributed by atoms with Crippen LogP contribution in [0.15, 0.2) is 6.33 Å². The Bertz CT molecular complexity index is 547. The van der Waals surface area contributed by atoms with Crippen LogP contribution in [0.5, 0.6) is 5.88 Å². The number of ether oxygens (including phenoxy) is 1. The van der Waals surface area contributed by atoms with E-state index in [0.29, 0.717) is 0 Å². The third-order valence-electron chi connectivity index (χ3n) is 2.15. The minimum atomic E-state index is -1.58. The summed E-state index contributed by atoms with van der Waals surface area (Å²) in [5, 5.41) is 30.6. The van der Waals surface area contributed by atoms with E-state index < -0.39 is 40.8 Å². The first kappa shape index (κ1) is 15.1. The number of carboxylic acids is 2. The van der Waals surface area contributed by atoms with Gasteiger partial charge < -0.3 is 20.3 Å². The van der Waals surface area contributed by atoms with Gasteiger partial charge in [0.15, 0.2) is 0 Å². The summed E-state index contributed by atoms with van der Waals surface area (Å²) in [6, 6.07) is -1.58. The number of hydrogen-bond acceptors (Lipinski definition) is 8. The van der Waals surface area contributed by atoms with Crippen LogP contribution in [0.25, 0.3) is 0 Å². The van der Waals surface area contributed by atoms with Gasteiger partial charge in [-0.3, -0.25) is 14.9 Å². The van der Waals surface area contributed by atoms with Crippen molar-refractivity contribution in [3.63, 3.8) is 0 Å². The molecular weight excluding hydrogens is 276 g/mol. The van der Waals surface area contributed by atoms with Crippen molar-refractivity contribution in [2.24, 2.45) is 0 Å². The van der Waals surface area contributed by atoms with Gasteiger partial charge in [-0.15, -0.1) is 0 Å². The third-order valence-corrected chi connectivity index (χ3v) is 2.15. The van der Waals surface area contributed by atoms with Crippen LogP contribution < -0.4 is 10.1 Å². The number of nitro groups is 1. The van der Waals surface area contributed by atoms with E-state index in [1.165, 1.54) is 0 Å². The fourth-order valence-corrected chi connectivity index (χ4v) is 1.32. The Kier molecular flexibility index (Phi) is 4.72. The van der Waals surface area contributed by atoms with E-state index in [-0.39, 0.29) is 5.88 Å². The molecule has 20 heavy (non-hydrogen) atoms. The van der Waals surface area contributed by atoms with Crippen molar-refractivity contribution in [3.05, 3.63) is 16.4 Å². The molecule has 0 aliphatic heterocycles. The molecule has 0 fully saturated rings. The Morgan fingerprint density at radius 2 is 2.15 bits per heavy atom. The molecule has 11 heteroatoms. The van der Waals surface area contributed by atoms with Crippen molar-refractivity contribution < 1.29 is 29.5 Å². The van der Waals surface area contributed by atoms with Crippen molar-refractivity contribution in [1.82, 2.24) is 9.97 Å². The summed E-state index contributed by atoms with van der Waals surface area (Å²) in [7, 11) is 1.14. The minimum absolute atomic E-state index is 0.369. The van der Waals surface area contributed by atoms with Gasteiger partial charge in [0, 0.05) is 0 Å². The van der Waals surface area contributed by atoms with Crippen LogP contribution >= 0.6 is 0 Å². The van der Waals surface area contributed by atoms with E-state index in [2.05, 4.69) is 20.0 Å². The van der Waals surface area contributed by atoms with Crippen molar-refractivity contribution in [2.75, 3.05) is 12.4 Å². The van der Waals surface area contributed by atoms with E-state index in [0.717, 1.165) is 13.4 Å². The zero-order valence-electron chi connectivity index (χ0n) is 10.1. The summed E-state index contributed by atoms with van der Waals surface area (Å²) >= 11 is 0. The van der Waals surface area contributed by atoms with Gasteiger partial charge in [-0.25, -0.2) is 9.78 Å². The van der Waals surface area contributed by atoms with Crippen LogP contribution in [0.2, 0.25) is 0 Å². The molecule has 1 unspecified atom stereocenters. The molecule has 1 aromatic rings. The molecule has 0 spiro atoms. The van der Waals surface area contributed by atoms with Crippen LogP contribution in [0, 0.1) is 10.1 Å². The second kappa shape index (κ2) is 6.26. The van der Waals surface area contributed by atoms with Gasteiger partial charge in [0.05, 0.1) is 18.5 Å². The fourth-order valence-electron chi connectivity index (χ4n) is 1.32.